The van der Waals surface area contributed by atoms with E-state index in [-0.39, 0.29) is 23.9 Å². The number of aromatic nitrogens is 1. The molecule has 1 aliphatic heterocycles. The highest BCUT2D eigenvalue weighted by molar-refractivity contribution is 6.31. The molecule has 2 heterocycles. The molecule has 26 heavy (non-hydrogen) atoms. The molecule has 0 unspecified atom stereocenters. The van der Waals surface area contributed by atoms with Crippen LogP contribution in [0.2, 0.25) is 5.02 Å². The Hall–Kier alpha value is -2.79. The van der Waals surface area contributed by atoms with Crippen LogP contribution in [0.5, 0.6) is 5.75 Å². The van der Waals surface area contributed by atoms with Crippen LogP contribution < -0.4 is 10.9 Å². The normalized spacial score (nSPS) is 15.4. The smallest absolute Gasteiger partial charge is 0.267 e. The molecule has 0 fully saturated rings. The molecule has 2 N–H and O–H groups in total. The Labute approximate surface area is 154 Å². The van der Waals surface area contributed by atoms with Crippen LogP contribution in [-0.4, -0.2) is 15.6 Å². The minimum Gasteiger partial charge on any atom is -0.506 e. The van der Waals surface area contributed by atoms with Crippen molar-refractivity contribution in [1.29, 1.82) is 0 Å². The Morgan fingerprint density at radius 3 is 2.81 bits per heavy atom. The number of rotatable bonds is 3. The van der Waals surface area contributed by atoms with Gasteiger partial charge in [0.15, 0.2) is 0 Å². The highest BCUT2D eigenvalue weighted by atomic mass is 35.5. The lowest BCUT2D eigenvalue weighted by atomic mass is 10.1. The maximum absolute atomic E-state index is 12.9. The van der Waals surface area contributed by atoms with Crippen molar-refractivity contribution >= 4 is 28.4 Å². The molecule has 3 aromatic rings. The zero-order chi connectivity index (χ0) is 18.4. The van der Waals surface area contributed by atoms with Crippen molar-refractivity contribution in [3.05, 3.63) is 74.5 Å². The molecule has 0 spiro atoms. The first kappa shape index (κ1) is 16.7. The number of halogens is 1. The Balaban J connectivity index is 1.77. The van der Waals surface area contributed by atoms with Gasteiger partial charge in [-0.15, -0.1) is 0 Å². The number of aromatic hydroxyl groups is 1. The summed E-state index contributed by atoms with van der Waals surface area (Å²) < 4.78 is 1.61. The van der Waals surface area contributed by atoms with Gasteiger partial charge >= 0.3 is 0 Å². The predicted octanol–water partition coefficient (Wildman–Crippen LogP) is 3.41. The summed E-state index contributed by atoms with van der Waals surface area (Å²) in [6.45, 7) is 2.11. The maximum Gasteiger partial charge on any atom is 0.267 e. The number of amides is 1. The van der Waals surface area contributed by atoms with Gasteiger partial charge in [-0.2, -0.15) is 0 Å². The van der Waals surface area contributed by atoms with E-state index in [9.17, 15) is 14.7 Å². The lowest BCUT2D eigenvalue weighted by molar-refractivity contribution is 0.0946. The second kappa shape index (κ2) is 6.18. The number of nitrogens with zero attached hydrogens (tertiary/aromatic N) is 1. The molecule has 1 atom stereocenters. The van der Waals surface area contributed by atoms with Crippen LogP contribution in [0.25, 0.3) is 10.9 Å². The first-order chi connectivity index (χ1) is 12.5. The van der Waals surface area contributed by atoms with Crippen molar-refractivity contribution in [2.45, 2.75) is 25.9 Å². The summed E-state index contributed by atoms with van der Waals surface area (Å²) in [7, 11) is 0. The molecule has 0 bridgehead atoms. The fraction of sp³-hybridized carbons (Fsp3) is 0.200. The van der Waals surface area contributed by atoms with Gasteiger partial charge in [0.05, 0.1) is 5.52 Å². The first-order valence-electron chi connectivity index (χ1n) is 8.39. The lowest BCUT2D eigenvalue weighted by Gasteiger charge is -2.14. The van der Waals surface area contributed by atoms with Gasteiger partial charge in [0.25, 0.3) is 11.5 Å². The van der Waals surface area contributed by atoms with Crippen LogP contribution in [0.1, 0.15) is 34.5 Å². The molecule has 0 radical (unpaired) electrons. The Kier molecular flexibility index (Phi) is 3.96. The number of para-hydroxylation sites is 1. The average Bonchev–Trinajstić information content (AvgIpc) is 2.96. The van der Waals surface area contributed by atoms with E-state index in [1.807, 2.05) is 25.1 Å². The van der Waals surface area contributed by atoms with Crippen molar-refractivity contribution in [3.63, 3.8) is 0 Å². The summed E-state index contributed by atoms with van der Waals surface area (Å²) in [6, 6.07) is 12.6. The number of carbonyl (C=O) groups excluding carboxylic acids is 1. The third-order valence-corrected chi connectivity index (χ3v) is 5.23. The van der Waals surface area contributed by atoms with Crippen LogP contribution in [0, 0.1) is 0 Å². The summed E-state index contributed by atoms with van der Waals surface area (Å²) in [5, 5.41) is 14.4. The summed E-state index contributed by atoms with van der Waals surface area (Å²) in [5.74, 6) is -0.878. The molecule has 0 saturated heterocycles. The molecule has 2 aromatic carbocycles. The molecular weight excluding hydrogens is 352 g/mol. The number of nitrogens with one attached hydrogen (secondary N) is 1. The molecule has 5 nitrogen and oxygen atoms in total. The third-order valence-electron chi connectivity index (χ3n) is 4.87. The lowest BCUT2D eigenvalue weighted by Crippen LogP contribution is -2.33. The quantitative estimate of drug-likeness (QED) is 0.744. The number of hydrogen-bond acceptors (Lipinski definition) is 3. The first-order valence-corrected chi connectivity index (χ1v) is 8.77. The van der Waals surface area contributed by atoms with E-state index in [2.05, 4.69) is 5.32 Å². The second-order valence-corrected chi connectivity index (χ2v) is 6.95. The second-order valence-electron chi connectivity index (χ2n) is 6.54. The SMILES string of the molecule is C[C@@H]1Cc2cccc3c(O)c(C(=O)NCc4ccccc4Cl)c(=O)n1c23. The summed E-state index contributed by atoms with van der Waals surface area (Å²) in [6.07, 6.45) is 0.705. The van der Waals surface area contributed by atoms with E-state index in [0.717, 1.165) is 11.1 Å². The van der Waals surface area contributed by atoms with Crippen LogP contribution in [0.15, 0.2) is 47.3 Å². The zero-order valence-electron chi connectivity index (χ0n) is 14.1. The molecule has 6 heteroatoms. The standard InChI is InChI=1S/C20H17ClN2O3/c1-11-9-12-6-4-7-14-17(12)23(11)20(26)16(18(14)24)19(25)22-10-13-5-2-3-8-15(13)21/h2-8,11,24H,9-10H2,1H3,(H,22,25)/t11-/m1/s1. The van der Waals surface area contributed by atoms with E-state index in [1.165, 1.54) is 0 Å². The van der Waals surface area contributed by atoms with Gasteiger partial charge in [0.2, 0.25) is 0 Å². The highest BCUT2D eigenvalue weighted by Crippen LogP contribution is 2.35. The maximum atomic E-state index is 12.9. The third kappa shape index (κ3) is 2.47. The van der Waals surface area contributed by atoms with Crippen molar-refractivity contribution in [2.24, 2.45) is 0 Å². The number of benzene rings is 2. The molecular formula is C20H17ClN2O3. The molecule has 0 saturated carbocycles. The molecule has 0 aliphatic carbocycles. The fourth-order valence-corrected chi connectivity index (χ4v) is 3.83. The molecule has 132 valence electrons. The van der Waals surface area contributed by atoms with E-state index in [4.69, 9.17) is 11.6 Å². The van der Waals surface area contributed by atoms with Gasteiger partial charge < -0.3 is 15.0 Å². The van der Waals surface area contributed by atoms with Gasteiger partial charge in [0.1, 0.15) is 11.3 Å². The molecule has 4 rings (SSSR count). The Morgan fingerprint density at radius 2 is 2.04 bits per heavy atom. The van der Waals surface area contributed by atoms with Crippen molar-refractivity contribution in [2.75, 3.05) is 0 Å². The van der Waals surface area contributed by atoms with E-state index in [1.54, 1.807) is 28.8 Å². The summed E-state index contributed by atoms with van der Waals surface area (Å²) in [5.41, 5.74) is 1.76. The van der Waals surface area contributed by atoms with Gasteiger partial charge in [-0.3, -0.25) is 9.59 Å². The average molecular weight is 369 g/mol. The van der Waals surface area contributed by atoms with E-state index in [0.29, 0.717) is 22.3 Å². The summed E-state index contributed by atoms with van der Waals surface area (Å²) in [4.78, 5) is 25.6. The molecule has 1 amide bonds. The van der Waals surface area contributed by atoms with Gasteiger partial charge in [-0.1, -0.05) is 41.9 Å². The van der Waals surface area contributed by atoms with Gasteiger partial charge in [0, 0.05) is 23.0 Å². The summed E-state index contributed by atoms with van der Waals surface area (Å²) >= 11 is 6.10. The molecule has 1 aromatic heterocycles. The minimum absolute atomic E-state index is 0.0573. The number of hydrogen-bond donors (Lipinski definition) is 2. The Bertz CT molecular complexity index is 1100. The predicted molar refractivity (Wildman–Crippen MR) is 101 cm³/mol. The van der Waals surface area contributed by atoms with Gasteiger partial charge in [-0.05, 0) is 36.6 Å². The van der Waals surface area contributed by atoms with Crippen LogP contribution in [0.4, 0.5) is 0 Å². The van der Waals surface area contributed by atoms with Gasteiger partial charge in [-0.25, -0.2) is 0 Å². The van der Waals surface area contributed by atoms with Crippen molar-refractivity contribution in [1.82, 2.24) is 9.88 Å². The molecule has 1 aliphatic rings. The largest absolute Gasteiger partial charge is 0.506 e. The van der Waals surface area contributed by atoms with E-state index >= 15 is 0 Å². The number of carbonyl (C=O) groups is 1. The minimum atomic E-state index is -0.609. The monoisotopic (exact) mass is 368 g/mol. The van der Waals surface area contributed by atoms with Crippen molar-refractivity contribution < 1.29 is 9.90 Å². The van der Waals surface area contributed by atoms with Crippen molar-refractivity contribution in [3.8, 4) is 5.75 Å². The topological polar surface area (TPSA) is 71.3 Å². The van der Waals surface area contributed by atoms with E-state index < -0.39 is 11.5 Å². The zero-order valence-corrected chi connectivity index (χ0v) is 14.9. The highest BCUT2D eigenvalue weighted by Gasteiger charge is 2.29. The fourth-order valence-electron chi connectivity index (χ4n) is 3.63. The number of pyridine rings is 1. The van der Waals surface area contributed by atoms with Crippen LogP contribution in [-0.2, 0) is 13.0 Å². The Morgan fingerprint density at radius 1 is 1.27 bits per heavy atom. The van der Waals surface area contributed by atoms with Crippen LogP contribution in [0.3, 0.4) is 0 Å². The van der Waals surface area contributed by atoms with Crippen LogP contribution >= 0.6 is 11.6 Å².